The molecule has 0 aromatic heterocycles. The second-order valence-electron chi connectivity index (χ2n) is 4.81. The normalized spacial score (nSPS) is 14.9. The highest BCUT2D eigenvalue weighted by Gasteiger charge is 2.13. The summed E-state index contributed by atoms with van der Waals surface area (Å²) in [4.78, 5) is 0. The molecule has 1 aliphatic carbocycles. The monoisotopic (exact) mass is 216 g/mol. The van der Waals surface area contributed by atoms with Crippen LogP contribution in [0.3, 0.4) is 0 Å². The van der Waals surface area contributed by atoms with Crippen molar-refractivity contribution in [1.82, 2.24) is 0 Å². The molecule has 0 unspecified atom stereocenters. The summed E-state index contributed by atoms with van der Waals surface area (Å²) in [5.74, 6) is 0.572. The average molecular weight is 216 g/mol. The summed E-state index contributed by atoms with van der Waals surface area (Å²) >= 11 is 0. The second-order valence-corrected chi connectivity index (χ2v) is 4.81. The molecule has 0 amide bonds. The molecular weight excluding hydrogens is 196 g/mol. The molecule has 0 saturated heterocycles. The Morgan fingerprint density at radius 1 is 1.31 bits per heavy atom. The molecule has 0 atom stereocenters. The summed E-state index contributed by atoms with van der Waals surface area (Å²) in [6.07, 6.45) is 5.32. The largest absolute Gasteiger partial charge is 0.396 e. The molecule has 0 saturated carbocycles. The van der Waals surface area contributed by atoms with E-state index < -0.39 is 0 Å². The van der Waals surface area contributed by atoms with Crippen molar-refractivity contribution in [2.45, 2.75) is 39.0 Å². The predicted molar refractivity (Wildman–Crippen MR) is 68.5 cm³/mol. The van der Waals surface area contributed by atoms with Gasteiger partial charge < -0.3 is 5.11 Å². The second kappa shape index (κ2) is 4.84. The van der Waals surface area contributed by atoms with Gasteiger partial charge in [0, 0.05) is 6.61 Å². The fourth-order valence-electron chi connectivity index (χ4n) is 2.34. The van der Waals surface area contributed by atoms with Crippen LogP contribution in [0.4, 0.5) is 0 Å². The van der Waals surface area contributed by atoms with Crippen molar-refractivity contribution in [1.29, 1.82) is 0 Å². The van der Waals surface area contributed by atoms with Gasteiger partial charge in [-0.1, -0.05) is 38.1 Å². The summed E-state index contributed by atoms with van der Waals surface area (Å²) in [7, 11) is 0. The molecule has 86 valence electrons. The minimum Gasteiger partial charge on any atom is -0.396 e. The van der Waals surface area contributed by atoms with Crippen LogP contribution < -0.4 is 0 Å². The highest BCUT2D eigenvalue weighted by Crippen LogP contribution is 2.31. The lowest BCUT2D eigenvalue weighted by Gasteiger charge is -2.19. The highest BCUT2D eigenvalue weighted by atomic mass is 16.2. The van der Waals surface area contributed by atoms with Crippen molar-refractivity contribution >= 4 is 5.57 Å². The molecule has 0 heterocycles. The topological polar surface area (TPSA) is 20.2 Å². The van der Waals surface area contributed by atoms with Crippen LogP contribution in [0.2, 0.25) is 0 Å². The molecule has 1 nitrogen and oxygen atoms in total. The van der Waals surface area contributed by atoms with E-state index in [1.807, 2.05) is 0 Å². The van der Waals surface area contributed by atoms with Crippen LogP contribution >= 0.6 is 0 Å². The van der Waals surface area contributed by atoms with Crippen LogP contribution in [0.1, 0.15) is 49.3 Å². The van der Waals surface area contributed by atoms with E-state index in [2.05, 4.69) is 38.1 Å². The number of hydrogen-bond acceptors (Lipinski definition) is 1. The standard InChI is InChI=1S/C15H20O/c1-11(2)14-7-6-12-4-3-5-13(8-9-16)15(12)10-14/h5-7,10-11,16H,3-4,8-9H2,1-2H3. The maximum absolute atomic E-state index is 9.08. The van der Waals surface area contributed by atoms with E-state index in [9.17, 15) is 0 Å². The molecule has 0 spiro atoms. The van der Waals surface area contributed by atoms with Gasteiger partial charge in [0.25, 0.3) is 0 Å². The van der Waals surface area contributed by atoms with Gasteiger partial charge >= 0.3 is 0 Å². The molecule has 0 fully saturated rings. The van der Waals surface area contributed by atoms with E-state index in [0.29, 0.717) is 5.92 Å². The number of aryl methyl sites for hydroxylation is 1. The summed E-state index contributed by atoms with van der Waals surface area (Å²) in [5.41, 5.74) is 5.53. The van der Waals surface area contributed by atoms with Gasteiger partial charge in [-0.25, -0.2) is 0 Å². The van der Waals surface area contributed by atoms with Crippen LogP contribution in [0.25, 0.3) is 5.57 Å². The van der Waals surface area contributed by atoms with Crippen molar-refractivity contribution in [3.63, 3.8) is 0 Å². The summed E-state index contributed by atoms with van der Waals surface area (Å²) in [6.45, 7) is 4.69. The molecule has 1 heteroatoms. The summed E-state index contributed by atoms with van der Waals surface area (Å²) < 4.78 is 0. The first-order valence-electron chi connectivity index (χ1n) is 6.15. The van der Waals surface area contributed by atoms with E-state index in [4.69, 9.17) is 5.11 Å². The van der Waals surface area contributed by atoms with Crippen molar-refractivity contribution in [2.24, 2.45) is 0 Å². The third-order valence-corrected chi connectivity index (χ3v) is 3.33. The molecule has 0 aliphatic heterocycles. The maximum atomic E-state index is 9.08. The lowest BCUT2D eigenvalue weighted by molar-refractivity contribution is 0.305. The third-order valence-electron chi connectivity index (χ3n) is 3.33. The van der Waals surface area contributed by atoms with Crippen molar-refractivity contribution in [2.75, 3.05) is 6.61 Å². The van der Waals surface area contributed by atoms with Gasteiger partial charge in [-0.05, 0) is 47.4 Å². The number of benzene rings is 1. The van der Waals surface area contributed by atoms with Crippen LogP contribution in [-0.2, 0) is 6.42 Å². The first-order chi connectivity index (χ1) is 7.72. The molecule has 1 aromatic carbocycles. The molecule has 1 aromatic rings. The van der Waals surface area contributed by atoms with Crippen molar-refractivity contribution in [3.05, 3.63) is 41.0 Å². The maximum Gasteiger partial charge on any atom is 0.0471 e. The molecular formula is C15H20O. The van der Waals surface area contributed by atoms with Crippen LogP contribution in [0, 0.1) is 0 Å². The minimum atomic E-state index is 0.247. The van der Waals surface area contributed by atoms with Gasteiger partial charge in [-0.3, -0.25) is 0 Å². The molecule has 0 radical (unpaired) electrons. The Labute approximate surface area is 97.8 Å². The molecule has 1 aliphatic rings. The zero-order chi connectivity index (χ0) is 11.5. The number of hydrogen-bond donors (Lipinski definition) is 1. The van der Waals surface area contributed by atoms with Crippen molar-refractivity contribution < 1.29 is 5.11 Å². The van der Waals surface area contributed by atoms with Gasteiger partial charge in [0.05, 0.1) is 0 Å². The van der Waals surface area contributed by atoms with E-state index >= 15 is 0 Å². The third kappa shape index (κ3) is 2.19. The van der Waals surface area contributed by atoms with E-state index in [1.54, 1.807) is 0 Å². The zero-order valence-corrected chi connectivity index (χ0v) is 10.2. The number of aliphatic hydroxyl groups excluding tert-OH is 1. The van der Waals surface area contributed by atoms with Gasteiger partial charge in [-0.15, -0.1) is 0 Å². The Bertz CT molecular complexity index is 402. The molecule has 0 bridgehead atoms. The minimum absolute atomic E-state index is 0.247. The number of allylic oxidation sites excluding steroid dienone is 1. The van der Waals surface area contributed by atoms with Crippen LogP contribution in [0.15, 0.2) is 24.3 Å². The Balaban J connectivity index is 2.39. The van der Waals surface area contributed by atoms with E-state index in [-0.39, 0.29) is 6.61 Å². The molecule has 2 rings (SSSR count). The van der Waals surface area contributed by atoms with Gasteiger partial charge in [0.2, 0.25) is 0 Å². The first kappa shape index (κ1) is 11.4. The first-order valence-corrected chi connectivity index (χ1v) is 6.15. The Morgan fingerprint density at radius 3 is 2.81 bits per heavy atom. The number of rotatable bonds is 3. The quantitative estimate of drug-likeness (QED) is 0.819. The summed E-state index contributed by atoms with van der Waals surface area (Å²) in [6, 6.07) is 6.81. The van der Waals surface area contributed by atoms with Gasteiger partial charge in [0.15, 0.2) is 0 Å². The number of fused-ring (bicyclic) bond motifs is 1. The fourth-order valence-corrected chi connectivity index (χ4v) is 2.34. The van der Waals surface area contributed by atoms with E-state index in [0.717, 1.165) is 19.3 Å². The summed E-state index contributed by atoms with van der Waals surface area (Å²) in [5, 5.41) is 9.08. The fraction of sp³-hybridized carbons (Fsp3) is 0.467. The smallest absolute Gasteiger partial charge is 0.0471 e. The average Bonchev–Trinajstić information content (AvgIpc) is 2.29. The lowest BCUT2D eigenvalue weighted by Crippen LogP contribution is -2.03. The highest BCUT2D eigenvalue weighted by molar-refractivity contribution is 5.70. The number of aliphatic hydroxyl groups is 1. The van der Waals surface area contributed by atoms with Gasteiger partial charge in [-0.2, -0.15) is 0 Å². The zero-order valence-electron chi connectivity index (χ0n) is 10.2. The Hall–Kier alpha value is -1.08. The Kier molecular flexibility index (Phi) is 3.45. The van der Waals surface area contributed by atoms with Crippen molar-refractivity contribution in [3.8, 4) is 0 Å². The Morgan fingerprint density at radius 2 is 2.12 bits per heavy atom. The lowest BCUT2D eigenvalue weighted by atomic mass is 9.86. The van der Waals surface area contributed by atoms with Crippen LogP contribution in [-0.4, -0.2) is 11.7 Å². The predicted octanol–water partition coefficient (Wildman–Crippen LogP) is 3.52. The molecule has 1 N–H and O–H groups in total. The van der Waals surface area contributed by atoms with Gasteiger partial charge in [0.1, 0.15) is 0 Å². The van der Waals surface area contributed by atoms with Crippen LogP contribution in [0.5, 0.6) is 0 Å². The SMILES string of the molecule is CC(C)c1ccc2c(c1)C(CCO)=CCC2. The van der Waals surface area contributed by atoms with E-state index in [1.165, 1.54) is 22.3 Å². The molecule has 16 heavy (non-hydrogen) atoms.